The molecule has 0 saturated heterocycles. The fourth-order valence-corrected chi connectivity index (χ4v) is 4.72. The van der Waals surface area contributed by atoms with E-state index in [-0.39, 0.29) is 12.1 Å². The van der Waals surface area contributed by atoms with Crippen molar-refractivity contribution in [2.24, 2.45) is 0 Å². The number of amides is 2. The topological polar surface area (TPSA) is 130 Å². The van der Waals surface area contributed by atoms with Crippen LogP contribution in [0, 0.1) is 0 Å². The highest BCUT2D eigenvalue weighted by Gasteiger charge is 2.45. The van der Waals surface area contributed by atoms with Crippen LogP contribution in [0.5, 0.6) is 0 Å². The predicted molar refractivity (Wildman–Crippen MR) is 135 cm³/mol. The van der Waals surface area contributed by atoms with Crippen molar-refractivity contribution >= 4 is 23.6 Å². The molecule has 2 N–H and O–H groups in total. The smallest absolute Gasteiger partial charge is 0.433 e. The van der Waals surface area contributed by atoms with E-state index in [0.717, 1.165) is 6.20 Å². The first-order chi connectivity index (χ1) is 19.1. The van der Waals surface area contributed by atoms with Crippen LogP contribution < -0.4 is 10.2 Å². The number of benzene rings is 2. The molecule has 0 radical (unpaired) electrons. The van der Waals surface area contributed by atoms with Gasteiger partial charge in [0.2, 0.25) is 5.82 Å². The van der Waals surface area contributed by atoms with Crippen LogP contribution in [-0.2, 0) is 11.0 Å². The van der Waals surface area contributed by atoms with Crippen LogP contribution in [0.25, 0.3) is 5.69 Å². The van der Waals surface area contributed by atoms with Crippen molar-refractivity contribution in [3.05, 3.63) is 101 Å². The Hall–Kier alpha value is -5.07. The standard InChI is InChI=1S/C27H21F3N6O4/c1-2-35-24-18(14-32-36(24)17-9-4-3-5-10-17)20(15-7-6-8-16(13-15)26(39)40)21(25(35)38)34-23(37)22-31-12-11-19(33-22)27(28,29)30/h3-14,20-21H,2H2,1H3,(H,34,37)(H,39,40)/t20-,21+/m1/s1. The molecule has 1 aliphatic heterocycles. The molecule has 0 saturated carbocycles. The van der Waals surface area contributed by atoms with Gasteiger partial charge in [0.05, 0.1) is 17.4 Å². The summed E-state index contributed by atoms with van der Waals surface area (Å²) in [4.78, 5) is 47.2. The maximum absolute atomic E-state index is 13.9. The summed E-state index contributed by atoms with van der Waals surface area (Å²) >= 11 is 0. The molecule has 3 heterocycles. The molecule has 0 spiro atoms. The van der Waals surface area contributed by atoms with Gasteiger partial charge in [0.1, 0.15) is 17.6 Å². The lowest BCUT2D eigenvalue weighted by Crippen LogP contribution is -2.55. The second kappa shape index (κ2) is 10.2. The first-order valence-electron chi connectivity index (χ1n) is 12.1. The Morgan fingerprint density at radius 1 is 1.07 bits per heavy atom. The van der Waals surface area contributed by atoms with Gasteiger partial charge in [-0.15, -0.1) is 0 Å². The Balaban J connectivity index is 1.64. The molecular formula is C27H21F3N6O4. The summed E-state index contributed by atoms with van der Waals surface area (Å²) in [6, 6.07) is 14.2. The van der Waals surface area contributed by atoms with Gasteiger partial charge in [0.15, 0.2) is 0 Å². The minimum absolute atomic E-state index is 0.0499. The second-order valence-electron chi connectivity index (χ2n) is 8.88. The zero-order chi connectivity index (χ0) is 28.6. The first-order valence-corrected chi connectivity index (χ1v) is 12.1. The molecule has 5 rings (SSSR count). The third kappa shape index (κ3) is 4.77. The number of carbonyl (C=O) groups excluding carboxylic acids is 2. The minimum Gasteiger partial charge on any atom is -0.478 e. The lowest BCUT2D eigenvalue weighted by molar-refractivity contribution is -0.141. The van der Waals surface area contributed by atoms with E-state index in [1.165, 1.54) is 29.3 Å². The van der Waals surface area contributed by atoms with E-state index in [4.69, 9.17) is 0 Å². The summed E-state index contributed by atoms with van der Waals surface area (Å²) < 4.78 is 41.2. The number of fused-ring (bicyclic) bond motifs is 1. The van der Waals surface area contributed by atoms with Crippen LogP contribution in [0.4, 0.5) is 19.0 Å². The van der Waals surface area contributed by atoms with E-state index in [2.05, 4.69) is 20.4 Å². The van der Waals surface area contributed by atoms with E-state index in [9.17, 15) is 32.7 Å². The number of halogens is 3. The first kappa shape index (κ1) is 26.5. The quantitative estimate of drug-likeness (QED) is 0.375. The highest BCUT2D eigenvalue weighted by Crippen LogP contribution is 2.41. The fourth-order valence-electron chi connectivity index (χ4n) is 4.72. The van der Waals surface area contributed by atoms with Gasteiger partial charge in [-0.25, -0.2) is 19.4 Å². The number of carboxylic acids is 1. The Bertz CT molecular complexity index is 1610. The molecule has 4 aromatic rings. The molecule has 1 aliphatic rings. The zero-order valence-electron chi connectivity index (χ0n) is 20.8. The Kier molecular flexibility index (Phi) is 6.80. The van der Waals surface area contributed by atoms with Gasteiger partial charge in [-0.1, -0.05) is 30.3 Å². The van der Waals surface area contributed by atoms with Gasteiger partial charge in [-0.3, -0.25) is 14.5 Å². The number of nitrogens with zero attached hydrogens (tertiary/aromatic N) is 5. The van der Waals surface area contributed by atoms with Crippen molar-refractivity contribution in [1.29, 1.82) is 0 Å². The number of aromatic nitrogens is 4. The second-order valence-corrected chi connectivity index (χ2v) is 8.88. The molecular weight excluding hydrogens is 529 g/mol. The van der Waals surface area contributed by atoms with Crippen LogP contribution in [0.15, 0.2) is 73.1 Å². The SMILES string of the molecule is CCN1C(=O)[C@@H](NC(=O)c2nccc(C(F)(F)F)n2)[C@H](c2cccc(C(=O)O)c2)c2cnn(-c3ccccc3)c21. The van der Waals surface area contributed by atoms with Gasteiger partial charge in [-0.05, 0) is 42.8 Å². The van der Waals surface area contributed by atoms with Crippen molar-refractivity contribution in [3.8, 4) is 5.69 Å². The molecule has 0 bridgehead atoms. The van der Waals surface area contributed by atoms with Gasteiger partial charge in [-0.2, -0.15) is 18.3 Å². The number of carboxylic acid groups (broad SMARTS) is 1. The lowest BCUT2D eigenvalue weighted by Gasteiger charge is -2.38. The summed E-state index contributed by atoms with van der Waals surface area (Å²) in [5.74, 6) is -4.15. The summed E-state index contributed by atoms with van der Waals surface area (Å²) in [6.07, 6.45) is -2.48. The molecule has 13 heteroatoms. The Morgan fingerprint density at radius 3 is 2.50 bits per heavy atom. The summed E-state index contributed by atoms with van der Waals surface area (Å²) in [6.45, 7) is 1.91. The number of hydrogen-bond acceptors (Lipinski definition) is 6. The van der Waals surface area contributed by atoms with Crippen LogP contribution in [0.3, 0.4) is 0 Å². The largest absolute Gasteiger partial charge is 0.478 e. The highest BCUT2D eigenvalue weighted by atomic mass is 19.4. The highest BCUT2D eigenvalue weighted by molar-refractivity contribution is 6.04. The van der Waals surface area contributed by atoms with Crippen molar-refractivity contribution in [2.45, 2.75) is 25.1 Å². The monoisotopic (exact) mass is 550 g/mol. The van der Waals surface area contributed by atoms with Gasteiger partial charge >= 0.3 is 12.1 Å². The number of nitrogens with one attached hydrogen (secondary N) is 1. The number of rotatable bonds is 6. The zero-order valence-corrected chi connectivity index (χ0v) is 20.8. The summed E-state index contributed by atoms with van der Waals surface area (Å²) in [7, 11) is 0. The Morgan fingerprint density at radius 2 is 1.82 bits per heavy atom. The van der Waals surface area contributed by atoms with Crippen molar-refractivity contribution in [3.63, 3.8) is 0 Å². The number of anilines is 1. The lowest BCUT2D eigenvalue weighted by atomic mass is 9.82. The molecule has 0 fully saturated rings. The van der Waals surface area contributed by atoms with Crippen LogP contribution >= 0.6 is 0 Å². The normalized spacial score (nSPS) is 16.9. The summed E-state index contributed by atoms with van der Waals surface area (Å²) in [5, 5.41) is 16.6. The summed E-state index contributed by atoms with van der Waals surface area (Å²) in [5.41, 5.74) is 0.185. The number of para-hydroxylation sites is 1. The average molecular weight is 550 g/mol. The molecule has 40 heavy (non-hydrogen) atoms. The molecule has 2 atom stereocenters. The molecule has 2 amide bonds. The Labute approximate surface area is 225 Å². The number of likely N-dealkylation sites (N-methyl/N-ethyl adjacent to an activating group) is 1. The fraction of sp³-hybridized carbons (Fsp3) is 0.185. The van der Waals surface area contributed by atoms with Crippen LogP contribution in [-0.4, -0.2) is 55.2 Å². The molecule has 204 valence electrons. The third-order valence-corrected chi connectivity index (χ3v) is 6.47. The molecule has 0 unspecified atom stereocenters. The number of hydrogen-bond donors (Lipinski definition) is 2. The maximum Gasteiger partial charge on any atom is 0.433 e. The maximum atomic E-state index is 13.9. The third-order valence-electron chi connectivity index (χ3n) is 6.47. The number of carbonyl (C=O) groups is 3. The average Bonchev–Trinajstić information content (AvgIpc) is 3.38. The van der Waals surface area contributed by atoms with Gasteiger partial charge < -0.3 is 10.4 Å². The molecule has 2 aromatic heterocycles. The number of alkyl halides is 3. The van der Waals surface area contributed by atoms with Gasteiger partial charge in [0, 0.05) is 24.2 Å². The van der Waals surface area contributed by atoms with Crippen LogP contribution in [0.2, 0.25) is 0 Å². The molecule has 0 aliphatic carbocycles. The van der Waals surface area contributed by atoms with E-state index >= 15 is 0 Å². The molecule has 2 aromatic carbocycles. The van der Waals surface area contributed by atoms with Crippen molar-refractivity contribution < 1.29 is 32.7 Å². The van der Waals surface area contributed by atoms with Gasteiger partial charge in [0.25, 0.3) is 11.8 Å². The minimum atomic E-state index is -4.81. The van der Waals surface area contributed by atoms with E-state index in [0.29, 0.717) is 28.7 Å². The van der Waals surface area contributed by atoms with E-state index in [1.54, 1.807) is 41.9 Å². The van der Waals surface area contributed by atoms with E-state index < -0.39 is 47.4 Å². The predicted octanol–water partition coefficient (Wildman–Crippen LogP) is 3.68. The van der Waals surface area contributed by atoms with Crippen molar-refractivity contribution in [2.75, 3.05) is 11.4 Å². The van der Waals surface area contributed by atoms with Crippen LogP contribution in [0.1, 0.15) is 50.6 Å². The van der Waals surface area contributed by atoms with Crippen molar-refractivity contribution in [1.82, 2.24) is 25.1 Å². The number of aromatic carboxylic acids is 1. The molecule has 10 nitrogen and oxygen atoms in total. The van der Waals surface area contributed by atoms with E-state index in [1.807, 2.05) is 6.07 Å².